The normalized spacial score (nSPS) is 11.4. The summed E-state index contributed by atoms with van der Waals surface area (Å²) in [6, 6.07) is 77.2. The molecule has 0 aliphatic rings. The largest absolute Gasteiger partial charge is 0.310 e. The molecule has 0 amide bonds. The highest BCUT2D eigenvalue weighted by Crippen LogP contribution is 2.44. The third kappa shape index (κ3) is 5.51. The Kier molecular flexibility index (Phi) is 7.55. The summed E-state index contributed by atoms with van der Waals surface area (Å²) in [5, 5.41) is 10.2. The minimum Gasteiger partial charge on any atom is -0.310 e. The maximum absolute atomic E-state index is 2.40. The Morgan fingerprint density at radius 1 is 0.264 bits per heavy atom. The van der Waals surface area contributed by atoms with E-state index in [4.69, 9.17) is 0 Å². The second-order valence-corrected chi connectivity index (χ2v) is 13.7. The van der Waals surface area contributed by atoms with Crippen molar-refractivity contribution >= 4 is 60.2 Å². The predicted octanol–water partition coefficient (Wildman–Crippen LogP) is 14.8. The second-order valence-electron chi connectivity index (χ2n) is 13.7. The van der Waals surface area contributed by atoms with Crippen LogP contribution in [0.4, 0.5) is 17.1 Å². The Hall–Kier alpha value is -6.96. The van der Waals surface area contributed by atoms with E-state index in [9.17, 15) is 0 Å². The average molecular weight is 674 g/mol. The number of anilines is 3. The molecule has 0 saturated carbocycles. The number of para-hydroxylation sites is 1. The molecule has 0 spiro atoms. The quantitative estimate of drug-likeness (QED) is 0.159. The standard InChI is InChI=1S/C52H35N/c1-2-11-36(12-3-1)37-27-31-44(32-28-37)53(51-20-9-8-18-49(51)48-19-10-15-39-13-4-6-16-46(39)48)45-33-29-38(30-34-45)43-26-23-41-22-25-42-24-21-40-14-5-7-17-47(40)52(42)50(41)35-43/h1-35H. The number of nitrogens with zero attached hydrogens (tertiary/aromatic N) is 1. The Labute approximate surface area is 309 Å². The minimum atomic E-state index is 1.10. The monoisotopic (exact) mass is 673 g/mol. The number of rotatable bonds is 6. The van der Waals surface area contributed by atoms with Gasteiger partial charge in [-0.1, -0.05) is 176 Å². The van der Waals surface area contributed by atoms with Gasteiger partial charge in [0.2, 0.25) is 0 Å². The zero-order chi connectivity index (χ0) is 35.1. The van der Waals surface area contributed by atoms with E-state index in [0.717, 1.165) is 17.1 Å². The van der Waals surface area contributed by atoms with E-state index < -0.39 is 0 Å². The molecule has 0 N–H and O–H groups in total. The van der Waals surface area contributed by atoms with E-state index in [2.05, 4.69) is 217 Å². The molecule has 0 saturated heterocycles. The third-order valence-corrected chi connectivity index (χ3v) is 10.6. The fraction of sp³-hybridized carbons (Fsp3) is 0. The van der Waals surface area contributed by atoms with Gasteiger partial charge in [0, 0.05) is 16.9 Å². The van der Waals surface area contributed by atoms with Crippen LogP contribution in [0.5, 0.6) is 0 Å². The van der Waals surface area contributed by atoms with E-state index in [1.165, 1.54) is 76.5 Å². The molecule has 0 radical (unpaired) electrons. The van der Waals surface area contributed by atoms with Gasteiger partial charge >= 0.3 is 0 Å². The highest BCUT2D eigenvalue weighted by molar-refractivity contribution is 6.20. The molecule has 10 aromatic rings. The first-order valence-corrected chi connectivity index (χ1v) is 18.3. The first-order valence-electron chi connectivity index (χ1n) is 18.3. The third-order valence-electron chi connectivity index (χ3n) is 10.6. The number of benzene rings is 10. The van der Waals surface area contributed by atoms with Crippen LogP contribution in [0.1, 0.15) is 0 Å². The number of hydrogen-bond donors (Lipinski definition) is 0. The topological polar surface area (TPSA) is 3.24 Å². The average Bonchev–Trinajstić information content (AvgIpc) is 3.24. The molecule has 0 aliphatic carbocycles. The molecule has 248 valence electrons. The summed E-state index contributed by atoms with van der Waals surface area (Å²) in [6.45, 7) is 0. The summed E-state index contributed by atoms with van der Waals surface area (Å²) in [4.78, 5) is 2.40. The van der Waals surface area contributed by atoms with Crippen LogP contribution in [0, 0.1) is 0 Å². The smallest absolute Gasteiger partial charge is 0.0540 e. The van der Waals surface area contributed by atoms with Crippen LogP contribution < -0.4 is 4.90 Å². The van der Waals surface area contributed by atoms with Gasteiger partial charge in [-0.3, -0.25) is 0 Å². The lowest BCUT2D eigenvalue weighted by Gasteiger charge is -2.28. The first-order chi connectivity index (χ1) is 26.3. The second kappa shape index (κ2) is 13.0. The summed E-state index contributed by atoms with van der Waals surface area (Å²) in [7, 11) is 0. The summed E-state index contributed by atoms with van der Waals surface area (Å²) < 4.78 is 0. The Morgan fingerprint density at radius 2 is 0.736 bits per heavy atom. The van der Waals surface area contributed by atoms with Crippen LogP contribution in [-0.4, -0.2) is 0 Å². The fourth-order valence-electron chi connectivity index (χ4n) is 8.03. The molecule has 1 heteroatoms. The molecule has 1 nitrogen and oxygen atoms in total. The van der Waals surface area contributed by atoms with Crippen molar-refractivity contribution in [1.29, 1.82) is 0 Å². The van der Waals surface area contributed by atoms with Crippen molar-refractivity contribution in [1.82, 2.24) is 0 Å². The van der Waals surface area contributed by atoms with Crippen molar-refractivity contribution in [3.63, 3.8) is 0 Å². The summed E-state index contributed by atoms with van der Waals surface area (Å²) in [5.41, 5.74) is 10.6. The molecule has 0 unspecified atom stereocenters. The maximum atomic E-state index is 2.40. The van der Waals surface area contributed by atoms with Gasteiger partial charge in [0.05, 0.1) is 5.69 Å². The molecule has 10 aromatic carbocycles. The summed E-state index contributed by atoms with van der Waals surface area (Å²) >= 11 is 0. The molecular formula is C52H35N. The van der Waals surface area contributed by atoms with Crippen LogP contribution in [0.15, 0.2) is 212 Å². The van der Waals surface area contributed by atoms with Gasteiger partial charge in [0.1, 0.15) is 0 Å². The van der Waals surface area contributed by atoms with Gasteiger partial charge in [-0.2, -0.15) is 0 Å². The summed E-state index contributed by atoms with van der Waals surface area (Å²) in [5.74, 6) is 0. The molecule has 0 bridgehead atoms. The van der Waals surface area contributed by atoms with Crippen molar-refractivity contribution < 1.29 is 0 Å². The SMILES string of the molecule is c1ccc(-c2ccc(N(c3ccc(-c4ccc5ccc6ccc7ccccc7c6c5c4)cc3)c3ccccc3-c3cccc4ccccc34)cc2)cc1. The van der Waals surface area contributed by atoms with E-state index in [-0.39, 0.29) is 0 Å². The first kappa shape index (κ1) is 30.8. The molecule has 10 rings (SSSR count). The van der Waals surface area contributed by atoms with Crippen molar-refractivity contribution in [3.05, 3.63) is 212 Å². The van der Waals surface area contributed by atoms with Crippen LogP contribution >= 0.6 is 0 Å². The Morgan fingerprint density at radius 3 is 1.47 bits per heavy atom. The number of hydrogen-bond acceptors (Lipinski definition) is 1. The molecule has 0 heterocycles. The van der Waals surface area contributed by atoms with Gasteiger partial charge in [-0.15, -0.1) is 0 Å². The predicted molar refractivity (Wildman–Crippen MR) is 227 cm³/mol. The molecule has 53 heavy (non-hydrogen) atoms. The fourth-order valence-corrected chi connectivity index (χ4v) is 8.03. The zero-order valence-electron chi connectivity index (χ0n) is 29.2. The molecule has 0 fully saturated rings. The minimum absolute atomic E-state index is 1.10. The lowest BCUT2D eigenvalue weighted by Crippen LogP contribution is -2.11. The van der Waals surface area contributed by atoms with Crippen molar-refractivity contribution in [3.8, 4) is 33.4 Å². The van der Waals surface area contributed by atoms with Crippen molar-refractivity contribution in [2.75, 3.05) is 4.90 Å². The van der Waals surface area contributed by atoms with Crippen LogP contribution in [-0.2, 0) is 0 Å². The Bertz CT molecular complexity index is 2910. The molecule has 0 atom stereocenters. The summed E-state index contributed by atoms with van der Waals surface area (Å²) in [6.07, 6.45) is 0. The van der Waals surface area contributed by atoms with Crippen LogP contribution in [0.25, 0.3) is 76.5 Å². The van der Waals surface area contributed by atoms with E-state index in [1.54, 1.807) is 0 Å². The zero-order valence-corrected chi connectivity index (χ0v) is 29.2. The van der Waals surface area contributed by atoms with E-state index in [1.807, 2.05) is 0 Å². The number of fused-ring (bicyclic) bond motifs is 6. The van der Waals surface area contributed by atoms with Gasteiger partial charge in [-0.25, -0.2) is 0 Å². The van der Waals surface area contributed by atoms with Gasteiger partial charge < -0.3 is 4.90 Å². The van der Waals surface area contributed by atoms with Gasteiger partial charge in [0.25, 0.3) is 0 Å². The van der Waals surface area contributed by atoms with Crippen molar-refractivity contribution in [2.45, 2.75) is 0 Å². The Balaban J connectivity index is 1.11. The molecule has 0 aliphatic heterocycles. The van der Waals surface area contributed by atoms with Gasteiger partial charge in [0.15, 0.2) is 0 Å². The highest BCUT2D eigenvalue weighted by Gasteiger charge is 2.19. The van der Waals surface area contributed by atoms with E-state index >= 15 is 0 Å². The highest BCUT2D eigenvalue weighted by atomic mass is 15.1. The lowest BCUT2D eigenvalue weighted by molar-refractivity contribution is 1.28. The van der Waals surface area contributed by atoms with E-state index in [0.29, 0.717) is 0 Å². The maximum Gasteiger partial charge on any atom is 0.0540 e. The van der Waals surface area contributed by atoms with Gasteiger partial charge in [-0.05, 0) is 107 Å². The van der Waals surface area contributed by atoms with Crippen LogP contribution in [0.3, 0.4) is 0 Å². The lowest BCUT2D eigenvalue weighted by atomic mass is 9.94. The van der Waals surface area contributed by atoms with Crippen molar-refractivity contribution in [2.24, 2.45) is 0 Å². The molecule has 0 aromatic heterocycles. The molecular weight excluding hydrogens is 639 g/mol. The van der Waals surface area contributed by atoms with Crippen LogP contribution in [0.2, 0.25) is 0 Å².